The topological polar surface area (TPSA) is 98.0 Å². The van der Waals surface area contributed by atoms with E-state index in [0.29, 0.717) is 35.3 Å². The van der Waals surface area contributed by atoms with E-state index in [0.717, 1.165) is 6.20 Å². The quantitative estimate of drug-likeness (QED) is 0.782. The van der Waals surface area contributed by atoms with Gasteiger partial charge >= 0.3 is 6.03 Å². The van der Waals surface area contributed by atoms with Gasteiger partial charge in [-0.05, 0) is 6.07 Å². The molecule has 1 aliphatic heterocycles. The SMILES string of the molecule is CN(C)C(=O)N1CCN(C(O)c2c[n+](=O)c3ccccc3n2[O-])CC1. The zero-order chi connectivity index (χ0) is 18.1. The maximum absolute atomic E-state index is 12.5. The van der Waals surface area contributed by atoms with Crippen molar-refractivity contribution < 1.29 is 14.3 Å². The Labute approximate surface area is 144 Å². The number of rotatable bonds is 2. The summed E-state index contributed by atoms with van der Waals surface area (Å²) in [6, 6.07) is 6.35. The molecule has 1 saturated heterocycles. The molecule has 9 heteroatoms. The van der Waals surface area contributed by atoms with Crippen LogP contribution in [0.15, 0.2) is 30.5 Å². The van der Waals surface area contributed by atoms with E-state index < -0.39 is 6.23 Å². The van der Waals surface area contributed by atoms with Crippen LogP contribution < -0.4 is 4.43 Å². The van der Waals surface area contributed by atoms with E-state index in [-0.39, 0.29) is 22.8 Å². The Bertz CT molecular complexity index is 842. The van der Waals surface area contributed by atoms with Gasteiger partial charge in [0.25, 0.3) is 11.7 Å². The van der Waals surface area contributed by atoms with Crippen molar-refractivity contribution in [1.29, 1.82) is 0 Å². The highest BCUT2D eigenvalue weighted by Gasteiger charge is 2.29. The first-order valence-electron chi connectivity index (χ1n) is 8.03. The third-order valence-corrected chi connectivity index (χ3v) is 4.40. The van der Waals surface area contributed by atoms with E-state index in [4.69, 9.17) is 0 Å². The highest BCUT2D eigenvalue weighted by molar-refractivity contribution is 5.74. The number of hydrogen-bond acceptors (Lipinski definition) is 5. The molecule has 0 saturated carbocycles. The van der Waals surface area contributed by atoms with Crippen LogP contribution >= 0.6 is 0 Å². The Balaban J connectivity index is 1.82. The number of benzene rings is 1. The Morgan fingerprint density at radius 1 is 1.24 bits per heavy atom. The van der Waals surface area contributed by atoms with Crippen molar-refractivity contribution in [2.24, 2.45) is 0 Å². The number of aromatic nitrogens is 2. The average molecular weight is 347 g/mol. The summed E-state index contributed by atoms with van der Waals surface area (Å²) in [5, 5.41) is 23.1. The average Bonchev–Trinajstić information content (AvgIpc) is 2.63. The van der Waals surface area contributed by atoms with Crippen molar-refractivity contribution in [3.05, 3.63) is 46.3 Å². The zero-order valence-corrected chi connectivity index (χ0v) is 14.2. The van der Waals surface area contributed by atoms with E-state index >= 15 is 0 Å². The lowest BCUT2D eigenvalue weighted by Crippen LogP contribution is -2.52. The van der Waals surface area contributed by atoms with Crippen molar-refractivity contribution in [3.63, 3.8) is 0 Å². The molecule has 1 atom stereocenters. The Kier molecular flexibility index (Phi) is 4.60. The van der Waals surface area contributed by atoms with Gasteiger partial charge < -0.3 is 24.8 Å². The van der Waals surface area contributed by atoms with Crippen molar-refractivity contribution in [1.82, 2.24) is 19.4 Å². The monoisotopic (exact) mass is 347 g/mol. The second kappa shape index (κ2) is 6.69. The molecule has 1 fully saturated rings. The number of para-hydroxylation sites is 2. The number of fused-ring (bicyclic) bond motifs is 1. The Morgan fingerprint density at radius 3 is 2.52 bits per heavy atom. The highest BCUT2D eigenvalue weighted by Crippen LogP contribution is 2.21. The number of urea groups is 1. The summed E-state index contributed by atoms with van der Waals surface area (Å²) < 4.78 is 1.18. The summed E-state index contributed by atoms with van der Waals surface area (Å²) >= 11 is 0. The predicted octanol–water partition coefficient (Wildman–Crippen LogP) is 0.192. The number of aliphatic hydroxyl groups is 1. The first kappa shape index (κ1) is 17.2. The lowest BCUT2D eigenvalue weighted by atomic mass is 10.2. The number of nitrogens with zero attached hydrogens (tertiary/aromatic N) is 5. The van der Waals surface area contributed by atoms with Crippen LogP contribution in [0.3, 0.4) is 0 Å². The van der Waals surface area contributed by atoms with Gasteiger partial charge in [0.05, 0.1) is 4.43 Å². The Morgan fingerprint density at radius 2 is 1.88 bits per heavy atom. The molecule has 1 aliphatic rings. The summed E-state index contributed by atoms with van der Waals surface area (Å²) in [6.45, 7) is 1.70. The fraction of sp³-hybridized carbons (Fsp3) is 0.438. The van der Waals surface area contributed by atoms with Crippen LogP contribution in [0.4, 0.5) is 4.79 Å². The molecule has 2 aromatic rings. The van der Waals surface area contributed by atoms with Gasteiger partial charge in [0.15, 0.2) is 6.23 Å². The van der Waals surface area contributed by atoms with Crippen molar-refractivity contribution in [2.45, 2.75) is 6.23 Å². The molecule has 0 radical (unpaired) electrons. The molecule has 0 bridgehead atoms. The van der Waals surface area contributed by atoms with Crippen LogP contribution in [0.1, 0.15) is 11.9 Å². The molecule has 2 amide bonds. The molecule has 1 N–H and O–H groups in total. The van der Waals surface area contributed by atoms with E-state index in [1.165, 1.54) is 4.90 Å². The largest absolute Gasteiger partial charge is 0.805 e. The molecule has 1 unspecified atom stereocenters. The normalized spacial score (nSPS) is 16.8. The summed E-state index contributed by atoms with van der Waals surface area (Å²) in [4.78, 5) is 29.0. The molecule has 134 valence electrons. The van der Waals surface area contributed by atoms with Gasteiger partial charge in [-0.3, -0.25) is 4.90 Å². The van der Waals surface area contributed by atoms with Gasteiger partial charge in [-0.1, -0.05) is 12.1 Å². The lowest BCUT2D eigenvalue weighted by molar-refractivity contribution is -0.466. The fourth-order valence-corrected chi connectivity index (χ4v) is 3.00. The number of amides is 2. The predicted molar refractivity (Wildman–Crippen MR) is 91.3 cm³/mol. The second-order valence-electron chi connectivity index (χ2n) is 6.24. The first-order chi connectivity index (χ1) is 11.9. The lowest BCUT2D eigenvalue weighted by Gasteiger charge is -2.38. The third-order valence-electron chi connectivity index (χ3n) is 4.40. The van der Waals surface area contributed by atoms with Crippen LogP contribution in [-0.2, 0) is 0 Å². The molecular formula is C16H21N5O4. The maximum atomic E-state index is 12.5. The van der Waals surface area contributed by atoms with Gasteiger partial charge in [-0.25, -0.2) is 4.79 Å². The van der Waals surface area contributed by atoms with Crippen molar-refractivity contribution in [3.8, 4) is 0 Å². The summed E-state index contributed by atoms with van der Waals surface area (Å²) in [6.07, 6.45) is -0.101. The number of aliphatic hydroxyl groups excluding tert-OH is 1. The van der Waals surface area contributed by atoms with Crippen LogP contribution in [0.25, 0.3) is 11.0 Å². The van der Waals surface area contributed by atoms with Crippen LogP contribution in [0.5, 0.6) is 0 Å². The van der Waals surface area contributed by atoms with Crippen molar-refractivity contribution >= 4 is 17.1 Å². The highest BCUT2D eigenvalue weighted by atomic mass is 16.5. The van der Waals surface area contributed by atoms with Crippen LogP contribution in [0, 0.1) is 10.1 Å². The second-order valence-corrected chi connectivity index (χ2v) is 6.24. The van der Waals surface area contributed by atoms with Gasteiger partial charge in [-0.15, -0.1) is 0 Å². The van der Waals surface area contributed by atoms with Gasteiger partial charge in [0.1, 0.15) is 11.2 Å². The standard InChI is InChI=1S/C16H21N5O4/c1-17(2)16(23)19-9-7-18(8-10-19)15(22)14-11-20(24)12-5-3-4-6-13(12)21(14)25/h3-6,11,15,22H,7-10H2,1-2H3. The van der Waals surface area contributed by atoms with Crippen LogP contribution in [0.2, 0.25) is 0 Å². The molecule has 3 rings (SSSR count). The van der Waals surface area contributed by atoms with Crippen molar-refractivity contribution in [2.75, 3.05) is 40.3 Å². The zero-order valence-electron chi connectivity index (χ0n) is 14.2. The molecule has 1 aromatic heterocycles. The maximum Gasteiger partial charge on any atom is 0.319 e. The molecule has 9 nitrogen and oxygen atoms in total. The Hall–Kier alpha value is -2.65. The van der Waals surface area contributed by atoms with E-state index in [9.17, 15) is 20.0 Å². The molecule has 0 aliphatic carbocycles. The molecule has 0 spiro atoms. The summed E-state index contributed by atoms with van der Waals surface area (Å²) in [5.41, 5.74) is 0.423. The minimum absolute atomic E-state index is 0.0268. The minimum Gasteiger partial charge on any atom is -0.805 e. The van der Waals surface area contributed by atoms with Gasteiger partial charge in [-0.2, -0.15) is 0 Å². The number of carbonyl (C=O) groups excluding carboxylic acids is 1. The summed E-state index contributed by atoms with van der Waals surface area (Å²) in [5.74, 6) is 0. The molecule has 2 heterocycles. The molecule has 25 heavy (non-hydrogen) atoms. The fourth-order valence-electron chi connectivity index (χ4n) is 3.00. The molecular weight excluding hydrogens is 326 g/mol. The van der Waals surface area contributed by atoms with E-state index in [1.807, 2.05) is 0 Å². The number of carbonyl (C=O) groups is 1. The third kappa shape index (κ3) is 3.15. The smallest absolute Gasteiger partial charge is 0.319 e. The molecule has 1 aromatic carbocycles. The van der Waals surface area contributed by atoms with Gasteiger partial charge in [0.2, 0.25) is 0 Å². The van der Waals surface area contributed by atoms with Gasteiger partial charge in [0, 0.05) is 51.2 Å². The van der Waals surface area contributed by atoms with Crippen LogP contribution in [-0.4, -0.2) is 70.8 Å². The summed E-state index contributed by atoms with van der Waals surface area (Å²) in [7, 11) is 3.37. The van der Waals surface area contributed by atoms with E-state index in [1.54, 1.807) is 48.2 Å². The first-order valence-corrected chi connectivity index (χ1v) is 8.03. The minimum atomic E-state index is -1.21. The number of hydrogen-bond donors (Lipinski definition) is 1. The number of piperazine rings is 1. The van der Waals surface area contributed by atoms with E-state index in [2.05, 4.69) is 0 Å².